The minimum Gasteiger partial charge on any atom is -0.355 e. The van der Waals surface area contributed by atoms with E-state index in [1.54, 1.807) is 0 Å². The first-order chi connectivity index (χ1) is 8.77. The zero-order chi connectivity index (χ0) is 12.8. The molecule has 2 aliphatic rings. The molecule has 1 saturated carbocycles. The molecular weight excluding hydrogens is 262 g/mol. The van der Waals surface area contributed by atoms with Crippen molar-refractivity contribution in [3.8, 4) is 0 Å². The summed E-state index contributed by atoms with van der Waals surface area (Å²) in [4.78, 5) is 14.4. The topological polar surface area (TPSA) is 44.4 Å². The van der Waals surface area contributed by atoms with Gasteiger partial charge in [0.2, 0.25) is 5.91 Å². The van der Waals surface area contributed by atoms with Crippen LogP contribution in [0.4, 0.5) is 0 Å². The first-order valence-electron chi connectivity index (χ1n) is 7.49. The third kappa shape index (κ3) is 4.33. The van der Waals surface area contributed by atoms with Gasteiger partial charge < -0.3 is 10.6 Å². The summed E-state index contributed by atoms with van der Waals surface area (Å²) < 4.78 is 0. The number of hydrogen-bond acceptors (Lipinski definition) is 3. The molecule has 1 heterocycles. The Balaban J connectivity index is 0.00000180. The Morgan fingerprint density at radius 1 is 1.32 bits per heavy atom. The fourth-order valence-corrected chi connectivity index (χ4v) is 3.33. The van der Waals surface area contributed by atoms with Gasteiger partial charge in [0, 0.05) is 31.7 Å². The Kier molecular flexibility index (Phi) is 7.11. The summed E-state index contributed by atoms with van der Waals surface area (Å²) in [5.74, 6) is 0.198. The van der Waals surface area contributed by atoms with Crippen molar-refractivity contribution in [1.82, 2.24) is 15.5 Å². The van der Waals surface area contributed by atoms with E-state index in [4.69, 9.17) is 0 Å². The van der Waals surface area contributed by atoms with Crippen LogP contribution < -0.4 is 10.6 Å². The van der Waals surface area contributed by atoms with Crippen molar-refractivity contribution in [2.24, 2.45) is 0 Å². The smallest absolute Gasteiger partial charge is 0.234 e. The van der Waals surface area contributed by atoms with Crippen LogP contribution in [0.25, 0.3) is 0 Å². The van der Waals surface area contributed by atoms with Gasteiger partial charge >= 0.3 is 0 Å². The van der Waals surface area contributed by atoms with Gasteiger partial charge in [0.25, 0.3) is 0 Å². The van der Waals surface area contributed by atoms with Crippen molar-refractivity contribution in [1.29, 1.82) is 0 Å². The molecule has 4 nitrogen and oxygen atoms in total. The third-order valence-electron chi connectivity index (χ3n) is 4.37. The number of hydrogen-bond donors (Lipinski definition) is 2. The van der Waals surface area contributed by atoms with Crippen molar-refractivity contribution in [2.45, 2.75) is 51.0 Å². The predicted molar refractivity (Wildman–Crippen MR) is 80.8 cm³/mol. The van der Waals surface area contributed by atoms with E-state index < -0.39 is 0 Å². The molecule has 1 aliphatic heterocycles. The number of amides is 1. The van der Waals surface area contributed by atoms with Gasteiger partial charge in [-0.25, -0.2) is 0 Å². The number of halogens is 1. The van der Waals surface area contributed by atoms with Gasteiger partial charge in [-0.2, -0.15) is 0 Å². The molecule has 1 spiro atoms. The average Bonchev–Trinajstić information content (AvgIpc) is 2.40. The van der Waals surface area contributed by atoms with Crippen LogP contribution in [-0.4, -0.2) is 49.1 Å². The molecule has 0 bridgehead atoms. The molecule has 0 unspecified atom stereocenters. The fourth-order valence-electron chi connectivity index (χ4n) is 3.33. The van der Waals surface area contributed by atoms with Crippen molar-refractivity contribution in [3.63, 3.8) is 0 Å². The lowest BCUT2D eigenvalue weighted by molar-refractivity contribution is -0.125. The van der Waals surface area contributed by atoms with Crippen LogP contribution in [-0.2, 0) is 4.79 Å². The van der Waals surface area contributed by atoms with Crippen molar-refractivity contribution in [2.75, 3.05) is 32.7 Å². The summed E-state index contributed by atoms with van der Waals surface area (Å²) in [6, 6.07) is 0. The number of carbonyl (C=O) groups excluding carboxylic acids is 1. The second-order valence-corrected chi connectivity index (χ2v) is 5.73. The SMILES string of the molecule is CCCNC(=O)CN1CCNCC12CCCCC2.Cl. The highest BCUT2D eigenvalue weighted by atomic mass is 35.5. The van der Waals surface area contributed by atoms with E-state index in [2.05, 4.69) is 22.5 Å². The Labute approximate surface area is 123 Å². The molecule has 0 radical (unpaired) electrons. The van der Waals surface area contributed by atoms with Gasteiger partial charge in [-0.3, -0.25) is 9.69 Å². The van der Waals surface area contributed by atoms with E-state index in [0.29, 0.717) is 6.54 Å². The van der Waals surface area contributed by atoms with Crippen molar-refractivity contribution < 1.29 is 4.79 Å². The van der Waals surface area contributed by atoms with Gasteiger partial charge in [-0.1, -0.05) is 26.2 Å². The number of nitrogens with one attached hydrogen (secondary N) is 2. The van der Waals surface area contributed by atoms with Crippen molar-refractivity contribution in [3.05, 3.63) is 0 Å². The highest BCUT2D eigenvalue weighted by molar-refractivity contribution is 5.85. The minimum absolute atomic E-state index is 0. The van der Waals surface area contributed by atoms with Gasteiger partial charge in [0.1, 0.15) is 0 Å². The quantitative estimate of drug-likeness (QED) is 0.825. The first kappa shape index (κ1) is 16.7. The van der Waals surface area contributed by atoms with Crippen LogP contribution in [0.2, 0.25) is 0 Å². The molecule has 19 heavy (non-hydrogen) atoms. The molecular formula is C14H28ClN3O. The van der Waals surface area contributed by atoms with E-state index >= 15 is 0 Å². The average molecular weight is 290 g/mol. The molecule has 112 valence electrons. The second kappa shape index (κ2) is 8.08. The molecule has 1 saturated heterocycles. The summed E-state index contributed by atoms with van der Waals surface area (Å²) in [7, 11) is 0. The number of nitrogens with zero attached hydrogens (tertiary/aromatic N) is 1. The summed E-state index contributed by atoms with van der Waals surface area (Å²) in [6.07, 6.45) is 7.50. The molecule has 0 atom stereocenters. The van der Waals surface area contributed by atoms with Crippen LogP contribution in [0.1, 0.15) is 45.4 Å². The zero-order valence-corrected chi connectivity index (χ0v) is 12.9. The highest BCUT2D eigenvalue weighted by Crippen LogP contribution is 2.34. The molecule has 2 rings (SSSR count). The molecule has 2 fully saturated rings. The summed E-state index contributed by atoms with van der Waals surface area (Å²) in [6.45, 7) is 6.57. The maximum Gasteiger partial charge on any atom is 0.234 e. The molecule has 5 heteroatoms. The van der Waals surface area contributed by atoms with Crippen LogP contribution in [0, 0.1) is 0 Å². The van der Waals surface area contributed by atoms with Crippen LogP contribution in [0.15, 0.2) is 0 Å². The second-order valence-electron chi connectivity index (χ2n) is 5.73. The zero-order valence-electron chi connectivity index (χ0n) is 12.0. The predicted octanol–water partition coefficient (Wildman–Crippen LogP) is 1.54. The van der Waals surface area contributed by atoms with E-state index in [1.165, 1.54) is 32.1 Å². The molecule has 1 amide bonds. The number of rotatable bonds is 4. The standard InChI is InChI=1S/C14H27N3O.ClH/c1-2-8-16-13(18)11-17-10-9-15-12-14(17)6-4-3-5-7-14;/h15H,2-12H2,1H3,(H,16,18);1H. The summed E-state index contributed by atoms with van der Waals surface area (Å²) in [5, 5.41) is 6.52. The molecule has 0 aromatic heterocycles. The Morgan fingerprint density at radius 2 is 2.05 bits per heavy atom. The monoisotopic (exact) mass is 289 g/mol. The maximum absolute atomic E-state index is 11.9. The lowest BCUT2D eigenvalue weighted by Crippen LogP contribution is -2.63. The van der Waals surface area contributed by atoms with Crippen LogP contribution in [0.5, 0.6) is 0 Å². The summed E-state index contributed by atoms with van der Waals surface area (Å²) >= 11 is 0. The van der Waals surface area contributed by atoms with E-state index in [1.807, 2.05) is 0 Å². The van der Waals surface area contributed by atoms with Gasteiger partial charge in [0.05, 0.1) is 6.54 Å². The van der Waals surface area contributed by atoms with Gasteiger partial charge in [0.15, 0.2) is 0 Å². The maximum atomic E-state index is 11.9. The Bertz CT molecular complexity index is 272. The molecule has 0 aromatic carbocycles. The summed E-state index contributed by atoms with van der Waals surface area (Å²) in [5.41, 5.74) is 0.264. The van der Waals surface area contributed by atoms with Crippen LogP contribution >= 0.6 is 12.4 Å². The molecule has 2 N–H and O–H groups in total. The lowest BCUT2D eigenvalue weighted by atomic mass is 9.79. The van der Waals surface area contributed by atoms with Crippen molar-refractivity contribution >= 4 is 18.3 Å². The van der Waals surface area contributed by atoms with E-state index in [9.17, 15) is 4.79 Å². The fraction of sp³-hybridized carbons (Fsp3) is 0.929. The molecule has 0 aromatic rings. The Hall–Kier alpha value is -0.320. The number of carbonyl (C=O) groups is 1. The van der Waals surface area contributed by atoms with E-state index in [-0.39, 0.29) is 23.9 Å². The molecule has 1 aliphatic carbocycles. The van der Waals surface area contributed by atoms with E-state index in [0.717, 1.165) is 32.6 Å². The first-order valence-corrected chi connectivity index (χ1v) is 7.49. The minimum atomic E-state index is 0. The largest absolute Gasteiger partial charge is 0.355 e. The van der Waals surface area contributed by atoms with Gasteiger partial charge in [-0.05, 0) is 19.3 Å². The highest BCUT2D eigenvalue weighted by Gasteiger charge is 2.40. The lowest BCUT2D eigenvalue weighted by Gasteiger charge is -2.49. The van der Waals surface area contributed by atoms with Crippen LogP contribution in [0.3, 0.4) is 0 Å². The number of piperazine rings is 1. The normalized spacial score (nSPS) is 22.8. The third-order valence-corrected chi connectivity index (χ3v) is 4.37. The van der Waals surface area contributed by atoms with Gasteiger partial charge in [-0.15, -0.1) is 12.4 Å². The Morgan fingerprint density at radius 3 is 2.74 bits per heavy atom.